The molecule has 0 saturated carbocycles. The average molecular weight is 267 g/mol. The van der Waals surface area contributed by atoms with Crippen LogP contribution >= 0.6 is 22.9 Å². The smallest absolute Gasteiger partial charge is 0.266 e. The van der Waals surface area contributed by atoms with Crippen LogP contribution in [-0.4, -0.2) is 5.91 Å². The molecule has 1 aromatic carbocycles. The van der Waals surface area contributed by atoms with Gasteiger partial charge in [0.2, 0.25) is 0 Å². The Morgan fingerprint density at radius 3 is 2.76 bits per heavy atom. The number of benzene rings is 1. The van der Waals surface area contributed by atoms with Crippen LogP contribution in [0.2, 0.25) is 5.02 Å². The third-order valence-corrected chi connectivity index (χ3v) is 3.58. The van der Waals surface area contributed by atoms with Crippen LogP contribution in [0.1, 0.15) is 15.2 Å². The summed E-state index contributed by atoms with van der Waals surface area (Å²) < 4.78 is 0. The maximum atomic E-state index is 11.9. The SMILES string of the molecule is Cc1ccsc1C(=O)Nc1ccc(Cl)cc1N. The minimum absolute atomic E-state index is 0.147. The highest BCUT2D eigenvalue weighted by Crippen LogP contribution is 2.24. The lowest BCUT2D eigenvalue weighted by molar-refractivity contribution is 0.103. The van der Waals surface area contributed by atoms with Gasteiger partial charge in [-0.3, -0.25) is 4.79 Å². The Balaban J connectivity index is 2.22. The van der Waals surface area contributed by atoms with E-state index in [1.165, 1.54) is 11.3 Å². The number of carbonyl (C=O) groups excluding carboxylic acids is 1. The Morgan fingerprint density at radius 2 is 2.18 bits per heavy atom. The number of aryl methyl sites for hydroxylation is 1. The number of rotatable bonds is 2. The monoisotopic (exact) mass is 266 g/mol. The van der Waals surface area contributed by atoms with E-state index in [1.807, 2.05) is 18.4 Å². The summed E-state index contributed by atoms with van der Waals surface area (Å²) >= 11 is 7.19. The van der Waals surface area contributed by atoms with Crippen molar-refractivity contribution in [2.24, 2.45) is 0 Å². The molecule has 88 valence electrons. The van der Waals surface area contributed by atoms with Gasteiger partial charge in [-0.15, -0.1) is 11.3 Å². The van der Waals surface area contributed by atoms with E-state index in [-0.39, 0.29) is 5.91 Å². The Kier molecular flexibility index (Phi) is 3.36. The van der Waals surface area contributed by atoms with Crippen molar-refractivity contribution >= 4 is 40.2 Å². The first-order valence-corrected chi connectivity index (χ1v) is 6.24. The molecule has 17 heavy (non-hydrogen) atoms. The maximum Gasteiger partial charge on any atom is 0.266 e. The minimum atomic E-state index is -0.147. The van der Waals surface area contributed by atoms with Crippen LogP contribution in [0.15, 0.2) is 29.6 Å². The number of anilines is 2. The summed E-state index contributed by atoms with van der Waals surface area (Å²) in [7, 11) is 0. The summed E-state index contributed by atoms with van der Waals surface area (Å²) in [4.78, 5) is 12.6. The highest BCUT2D eigenvalue weighted by Gasteiger charge is 2.11. The number of carbonyl (C=O) groups is 1. The number of halogens is 1. The molecule has 0 atom stereocenters. The normalized spacial score (nSPS) is 10.2. The first-order valence-electron chi connectivity index (χ1n) is 4.98. The van der Waals surface area contributed by atoms with Crippen molar-refractivity contribution < 1.29 is 4.79 Å². The molecule has 2 aromatic rings. The fraction of sp³-hybridized carbons (Fsp3) is 0.0833. The first-order chi connectivity index (χ1) is 8.08. The van der Waals surface area contributed by atoms with Crippen LogP contribution in [0.5, 0.6) is 0 Å². The van der Waals surface area contributed by atoms with Gasteiger partial charge in [0.1, 0.15) is 0 Å². The van der Waals surface area contributed by atoms with Crippen molar-refractivity contribution in [1.29, 1.82) is 0 Å². The van der Waals surface area contributed by atoms with Crippen molar-refractivity contribution in [3.05, 3.63) is 45.1 Å². The minimum Gasteiger partial charge on any atom is -0.397 e. The third-order valence-electron chi connectivity index (χ3n) is 2.33. The molecular formula is C12H11ClN2OS. The van der Waals surface area contributed by atoms with Crippen molar-refractivity contribution in [3.8, 4) is 0 Å². The van der Waals surface area contributed by atoms with Crippen LogP contribution in [0.3, 0.4) is 0 Å². The number of amides is 1. The fourth-order valence-corrected chi connectivity index (χ4v) is 2.43. The van der Waals surface area contributed by atoms with Gasteiger partial charge in [-0.2, -0.15) is 0 Å². The van der Waals surface area contributed by atoms with Crippen LogP contribution < -0.4 is 11.1 Å². The van der Waals surface area contributed by atoms with Gasteiger partial charge < -0.3 is 11.1 Å². The number of nitrogens with two attached hydrogens (primary N) is 1. The zero-order chi connectivity index (χ0) is 12.4. The summed E-state index contributed by atoms with van der Waals surface area (Å²) in [6, 6.07) is 6.90. The van der Waals surface area contributed by atoms with Gasteiger partial charge in [0.05, 0.1) is 16.3 Å². The largest absolute Gasteiger partial charge is 0.397 e. The van der Waals surface area contributed by atoms with Gasteiger partial charge in [0, 0.05) is 5.02 Å². The van der Waals surface area contributed by atoms with Gasteiger partial charge in [0.15, 0.2) is 0 Å². The average Bonchev–Trinajstić information content (AvgIpc) is 2.68. The second kappa shape index (κ2) is 4.77. The molecule has 1 amide bonds. The highest BCUT2D eigenvalue weighted by atomic mass is 35.5. The molecule has 5 heteroatoms. The molecule has 0 fully saturated rings. The summed E-state index contributed by atoms with van der Waals surface area (Å²) in [6.45, 7) is 1.90. The number of thiophene rings is 1. The number of nitrogen functional groups attached to an aromatic ring is 1. The lowest BCUT2D eigenvalue weighted by atomic mass is 10.2. The summed E-state index contributed by atoms with van der Waals surface area (Å²) in [5.74, 6) is -0.147. The number of hydrogen-bond acceptors (Lipinski definition) is 3. The molecule has 2 rings (SSSR count). The van der Waals surface area contributed by atoms with Gasteiger partial charge in [-0.25, -0.2) is 0 Å². The third kappa shape index (κ3) is 2.60. The molecule has 0 aliphatic heterocycles. The number of hydrogen-bond donors (Lipinski definition) is 2. The van der Waals surface area contributed by atoms with E-state index in [2.05, 4.69) is 5.32 Å². The molecule has 0 aliphatic carbocycles. The second-order valence-electron chi connectivity index (χ2n) is 3.62. The van der Waals surface area contributed by atoms with E-state index in [0.29, 0.717) is 21.3 Å². The van der Waals surface area contributed by atoms with Crippen molar-refractivity contribution in [1.82, 2.24) is 0 Å². The van der Waals surface area contributed by atoms with Gasteiger partial charge in [-0.1, -0.05) is 11.6 Å². The van der Waals surface area contributed by atoms with Crippen LogP contribution in [0.4, 0.5) is 11.4 Å². The second-order valence-corrected chi connectivity index (χ2v) is 4.97. The predicted molar refractivity (Wildman–Crippen MR) is 72.9 cm³/mol. The number of nitrogens with one attached hydrogen (secondary N) is 1. The lowest BCUT2D eigenvalue weighted by Crippen LogP contribution is -2.12. The zero-order valence-electron chi connectivity index (χ0n) is 9.16. The van der Waals surface area contributed by atoms with Crippen molar-refractivity contribution in [2.75, 3.05) is 11.1 Å². The van der Waals surface area contributed by atoms with Gasteiger partial charge >= 0.3 is 0 Å². The Hall–Kier alpha value is -1.52. The zero-order valence-corrected chi connectivity index (χ0v) is 10.7. The van der Waals surface area contributed by atoms with E-state index in [0.717, 1.165) is 5.56 Å². The van der Waals surface area contributed by atoms with E-state index >= 15 is 0 Å². The fourth-order valence-electron chi connectivity index (χ4n) is 1.43. The summed E-state index contributed by atoms with van der Waals surface area (Å²) in [5, 5.41) is 5.20. The Labute approximate surface area is 108 Å². The van der Waals surface area contributed by atoms with Crippen molar-refractivity contribution in [3.63, 3.8) is 0 Å². The van der Waals surface area contributed by atoms with Crippen LogP contribution in [0, 0.1) is 6.92 Å². The molecule has 0 spiro atoms. The van der Waals surface area contributed by atoms with E-state index in [4.69, 9.17) is 17.3 Å². The molecule has 1 aromatic heterocycles. The molecule has 0 aliphatic rings. The highest BCUT2D eigenvalue weighted by molar-refractivity contribution is 7.12. The summed E-state index contributed by atoms with van der Waals surface area (Å²) in [5.41, 5.74) is 7.76. The molecule has 0 unspecified atom stereocenters. The molecule has 0 bridgehead atoms. The lowest BCUT2D eigenvalue weighted by Gasteiger charge is -2.07. The molecule has 0 radical (unpaired) electrons. The molecule has 3 nitrogen and oxygen atoms in total. The van der Waals surface area contributed by atoms with E-state index < -0.39 is 0 Å². The van der Waals surface area contributed by atoms with Crippen LogP contribution in [-0.2, 0) is 0 Å². The molecule has 0 saturated heterocycles. The Morgan fingerprint density at radius 1 is 1.41 bits per heavy atom. The standard InChI is InChI=1S/C12H11ClN2OS/c1-7-4-5-17-11(7)12(16)15-10-3-2-8(13)6-9(10)14/h2-6H,14H2,1H3,(H,15,16). The van der Waals surface area contributed by atoms with E-state index in [1.54, 1.807) is 18.2 Å². The molecule has 1 heterocycles. The summed E-state index contributed by atoms with van der Waals surface area (Å²) in [6.07, 6.45) is 0. The Bertz CT molecular complexity index is 565. The van der Waals surface area contributed by atoms with Gasteiger partial charge in [-0.05, 0) is 42.1 Å². The molecular weight excluding hydrogens is 256 g/mol. The topological polar surface area (TPSA) is 55.1 Å². The van der Waals surface area contributed by atoms with Crippen LogP contribution in [0.25, 0.3) is 0 Å². The molecule has 3 N–H and O–H groups in total. The van der Waals surface area contributed by atoms with Gasteiger partial charge in [0.25, 0.3) is 5.91 Å². The first kappa shape index (κ1) is 12.0. The predicted octanol–water partition coefficient (Wildman–Crippen LogP) is 3.54. The van der Waals surface area contributed by atoms with Crippen molar-refractivity contribution in [2.45, 2.75) is 6.92 Å². The quantitative estimate of drug-likeness (QED) is 0.817. The van der Waals surface area contributed by atoms with E-state index in [9.17, 15) is 4.79 Å². The maximum absolute atomic E-state index is 11.9.